The van der Waals surface area contributed by atoms with Gasteiger partial charge in [-0.1, -0.05) is 105 Å². The van der Waals surface area contributed by atoms with Crippen molar-refractivity contribution in [1.29, 1.82) is 0 Å². The number of amides is 2. The van der Waals surface area contributed by atoms with Gasteiger partial charge in [-0.3, -0.25) is 14.5 Å². The smallest absolute Gasteiger partial charge is 0.328 e. The van der Waals surface area contributed by atoms with Crippen LogP contribution in [0.3, 0.4) is 0 Å². The van der Waals surface area contributed by atoms with Crippen LogP contribution in [-0.2, 0) is 24.7 Å². The molecule has 1 fully saturated rings. The fourth-order valence-electron chi connectivity index (χ4n) is 5.78. The molecule has 0 radical (unpaired) electrons. The number of esters is 1. The first-order valence-corrected chi connectivity index (χ1v) is 13.7. The van der Waals surface area contributed by atoms with Crippen LogP contribution in [0, 0.1) is 5.92 Å². The van der Waals surface area contributed by atoms with E-state index in [-0.39, 0.29) is 17.7 Å². The Hall–Kier alpha value is -3.97. The van der Waals surface area contributed by atoms with Crippen LogP contribution >= 0.6 is 0 Å². The first-order chi connectivity index (χ1) is 19.2. The second kappa shape index (κ2) is 12.0. The summed E-state index contributed by atoms with van der Waals surface area (Å²) in [6, 6.07) is 28.8. The third-order valence-corrected chi connectivity index (χ3v) is 8.03. The molecule has 3 unspecified atom stereocenters. The maximum Gasteiger partial charge on any atom is 0.328 e. The molecule has 0 aromatic heterocycles. The van der Waals surface area contributed by atoms with Gasteiger partial charge in [0.2, 0.25) is 11.8 Å². The molecule has 3 aromatic rings. The Bertz CT molecular complexity index is 1220. The molecule has 1 aliphatic rings. The molecule has 7 nitrogen and oxygen atoms in total. The van der Waals surface area contributed by atoms with Gasteiger partial charge in [0, 0.05) is 20.6 Å². The minimum absolute atomic E-state index is 0.138. The number of ether oxygens (including phenoxy) is 1. The van der Waals surface area contributed by atoms with E-state index in [9.17, 15) is 14.4 Å². The summed E-state index contributed by atoms with van der Waals surface area (Å²) >= 11 is 0. The Balaban J connectivity index is 1.67. The van der Waals surface area contributed by atoms with E-state index in [0.717, 1.165) is 16.7 Å². The monoisotopic (exact) mass is 541 g/mol. The largest absolute Gasteiger partial charge is 0.467 e. The predicted molar refractivity (Wildman–Crippen MR) is 155 cm³/mol. The fourth-order valence-corrected chi connectivity index (χ4v) is 5.78. The van der Waals surface area contributed by atoms with Crippen LogP contribution in [0.2, 0.25) is 0 Å². The van der Waals surface area contributed by atoms with E-state index in [1.807, 2.05) is 68.4 Å². The van der Waals surface area contributed by atoms with Crippen LogP contribution < -0.4 is 0 Å². The van der Waals surface area contributed by atoms with Gasteiger partial charge in [0.1, 0.15) is 18.1 Å². The van der Waals surface area contributed by atoms with Crippen molar-refractivity contribution in [1.82, 2.24) is 14.7 Å². The van der Waals surface area contributed by atoms with Gasteiger partial charge in [-0.05, 0) is 29.5 Å². The van der Waals surface area contributed by atoms with E-state index in [2.05, 4.69) is 41.3 Å². The minimum atomic E-state index is -0.759. The lowest BCUT2D eigenvalue weighted by molar-refractivity contribution is -0.156. The number of hydrogen-bond donors (Lipinski definition) is 0. The Labute approximate surface area is 237 Å². The molecular formula is C33H39N3O4. The van der Waals surface area contributed by atoms with E-state index in [0.29, 0.717) is 6.54 Å². The number of methoxy groups -OCH3 is 1. The molecule has 0 saturated carbocycles. The Morgan fingerprint density at radius 3 is 1.57 bits per heavy atom. The number of carbonyl (C=O) groups is 3. The van der Waals surface area contributed by atoms with Crippen molar-refractivity contribution in [3.8, 4) is 0 Å². The predicted octanol–water partition coefficient (Wildman–Crippen LogP) is 4.17. The molecule has 4 rings (SSSR count). The number of rotatable bonds is 10. The highest BCUT2D eigenvalue weighted by Gasteiger charge is 2.57. The highest BCUT2D eigenvalue weighted by atomic mass is 16.5. The lowest BCUT2D eigenvalue weighted by atomic mass is 9.76. The maximum absolute atomic E-state index is 13.9. The molecule has 0 aliphatic carbocycles. The quantitative estimate of drug-likeness (QED) is 0.219. The van der Waals surface area contributed by atoms with Crippen LogP contribution in [0.5, 0.6) is 0 Å². The average Bonchev–Trinajstić information content (AvgIpc) is 3.78. The van der Waals surface area contributed by atoms with Crippen LogP contribution in [0.15, 0.2) is 91.0 Å². The Morgan fingerprint density at radius 1 is 0.775 bits per heavy atom. The normalized spacial score (nSPS) is 18.0. The van der Waals surface area contributed by atoms with E-state index in [4.69, 9.17) is 4.74 Å². The summed E-state index contributed by atoms with van der Waals surface area (Å²) in [5.74, 6) is -1.07. The van der Waals surface area contributed by atoms with Gasteiger partial charge in [0.25, 0.3) is 0 Å². The zero-order chi connectivity index (χ0) is 29.0. The second-order valence-electron chi connectivity index (χ2n) is 10.8. The zero-order valence-electron chi connectivity index (χ0n) is 24.2. The van der Waals surface area contributed by atoms with Gasteiger partial charge in [-0.2, -0.15) is 0 Å². The molecule has 0 spiro atoms. The summed E-state index contributed by atoms with van der Waals surface area (Å²) in [5, 5.41) is 0. The van der Waals surface area contributed by atoms with Crippen LogP contribution in [-0.4, -0.2) is 78.4 Å². The van der Waals surface area contributed by atoms with Crippen molar-refractivity contribution >= 4 is 17.8 Å². The lowest BCUT2D eigenvalue weighted by Crippen LogP contribution is -2.54. The van der Waals surface area contributed by atoms with Crippen molar-refractivity contribution in [3.63, 3.8) is 0 Å². The topological polar surface area (TPSA) is 69.9 Å². The SMILES string of the molecule is COC(=O)C(C(C)C)N(C)C(=O)C(C)N(C)C(=O)C1C[N@@]1C(c1ccccc1)(c1ccccc1)c1ccccc1. The van der Waals surface area contributed by atoms with Crippen LogP contribution in [0.4, 0.5) is 0 Å². The van der Waals surface area contributed by atoms with Crippen molar-refractivity contribution in [2.45, 2.75) is 44.4 Å². The summed E-state index contributed by atoms with van der Waals surface area (Å²) in [6.07, 6.45) is 0. The first kappa shape index (κ1) is 29.0. The summed E-state index contributed by atoms with van der Waals surface area (Å²) < 4.78 is 4.94. The summed E-state index contributed by atoms with van der Waals surface area (Å²) in [4.78, 5) is 44.9. The van der Waals surface area contributed by atoms with Crippen LogP contribution in [0.25, 0.3) is 0 Å². The van der Waals surface area contributed by atoms with Gasteiger partial charge in [0.05, 0.1) is 12.6 Å². The maximum atomic E-state index is 13.9. The summed E-state index contributed by atoms with van der Waals surface area (Å²) in [5.41, 5.74) is 2.49. The van der Waals surface area contributed by atoms with E-state index >= 15 is 0 Å². The molecule has 2 amide bonds. The standard InChI is InChI=1S/C33H39N3O4/c1-23(2)29(32(39)40-6)35(5)30(37)24(3)34(4)31(38)28-22-36(28)33(25-16-10-7-11-17-25,26-18-12-8-13-19-26)27-20-14-9-15-21-27/h7-21,23-24,28-29H,22H2,1-6H3/t24?,28?,29?,36-/m1/s1. The molecule has 1 saturated heterocycles. The summed E-state index contributed by atoms with van der Waals surface area (Å²) in [7, 11) is 4.57. The van der Waals surface area contributed by atoms with Crippen molar-refractivity contribution in [3.05, 3.63) is 108 Å². The Kier molecular flexibility index (Phi) is 8.74. The molecule has 40 heavy (non-hydrogen) atoms. The molecule has 0 bridgehead atoms. The molecule has 1 aliphatic heterocycles. The average molecular weight is 542 g/mol. The number of carbonyl (C=O) groups excluding carboxylic acids is 3. The van der Waals surface area contributed by atoms with Crippen molar-refractivity contribution < 1.29 is 19.1 Å². The number of nitrogens with zero attached hydrogens (tertiary/aromatic N) is 3. The van der Waals surface area contributed by atoms with Gasteiger partial charge < -0.3 is 14.5 Å². The highest BCUT2D eigenvalue weighted by Crippen LogP contribution is 2.48. The molecule has 7 heteroatoms. The molecule has 4 atom stereocenters. The van der Waals surface area contributed by atoms with E-state index in [1.165, 1.54) is 16.9 Å². The van der Waals surface area contributed by atoms with Gasteiger partial charge >= 0.3 is 5.97 Å². The van der Waals surface area contributed by atoms with E-state index in [1.54, 1.807) is 21.0 Å². The lowest BCUT2D eigenvalue weighted by Gasteiger charge is -2.38. The van der Waals surface area contributed by atoms with Crippen LogP contribution in [0.1, 0.15) is 37.5 Å². The molecule has 210 valence electrons. The molecule has 0 N–H and O–H groups in total. The van der Waals surface area contributed by atoms with Gasteiger partial charge in [-0.15, -0.1) is 0 Å². The Morgan fingerprint density at radius 2 is 1.20 bits per heavy atom. The number of hydrogen-bond acceptors (Lipinski definition) is 5. The summed E-state index contributed by atoms with van der Waals surface area (Å²) in [6.45, 7) is 5.97. The second-order valence-corrected chi connectivity index (χ2v) is 10.8. The third-order valence-electron chi connectivity index (χ3n) is 8.03. The third kappa shape index (κ3) is 5.26. The first-order valence-electron chi connectivity index (χ1n) is 13.7. The number of likely N-dealkylation sites (N-methyl/N-ethyl adjacent to an activating group) is 2. The number of benzene rings is 3. The molecule has 3 aromatic carbocycles. The fraction of sp³-hybridized carbons (Fsp3) is 0.364. The highest BCUT2D eigenvalue weighted by molar-refractivity contribution is 5.93. The van der Waals surface area contributed by atoms with Gasteiger partial charge in [0.15, 0.2) is 0 Å². The van der Waals surface area contributed by atoms with E-state index < -0.39 is 29.6 Å². The minimum Gasteiger partial charge on any atom is -0.467 e. The zero-order valence-corrected chi connectivity index (χ0v) is 24.2. The van der Waals surface area contributed by atoms with Crippen molar-refractivity contribution in [2.75, 3.05) is 27.7 Å². The van der Waals surface area contributed by atoms with Gasteiger partial charge in [-0.25, -0.2) is 4.79 Å². The molecular weight excluding hydrogens is 502 g/mol. The van der Waals surface area contributed by atoms with Crippen molar-refractivity contribution in [2.24, 2.45) is 5.92 Å². The molecule has 1 heterocycles.